The first kappa shape index (κ1) is 15.0. The number of fused-ring (bicyclic) bond motifs is 1. The topological polar surface area (TPSA) is 54.9 Å². The van der Waals surface area contributed by atoms with Gasteiger partial charge < -0.3 is 5.32 Å². The van der Waals surface area contributed by atoms with Crippen molar-refractivity contribution in [1.82, 2.24) is 9.97 Å². The van der Waals surface area contributed by atoms with Gasteiger partial charge in [-0.1, -0.05) is 12.1 Å². The molecule has 4 nitrogen and oxygen atoms in total. The maximum Gasteiger partial charge on any atom is 0.267 e. The minimum atomic E-state index is -0.131. The molecule has 4 aromatic rings. The molecule has 2 aromatic heterocycles. The SMILES string of the molecule is Cc1ncc(C(=O)Nc2ccc(-c3nc4ccccc4s3)cc2)s1. The zero-order valence-corrected chi connectivity index (χ0v) is 14.4. The lowest BCUT2D eigenvalue weighted by molar-refractivity contribution is 0.103. The minimum Gasteiger partial charge on any atom is -0.321 e. The lowest BCUT2D eigenvalue weighted by Crippen LogP contribution is -2.09. The highest BCUT2D eigenvalue weighted by molar-refractivity contribution is 7.21. The van der Waals surface area contributed by atoms with Crippen LogP contribution in [0.4, 0.5) is 5.69 Å². The van der Waals surface area contributed by atoms with Gasteiger partial charge in [0.05, 0.1) is 21.4 Å². The monoisotopic (exact) mass is 351 g/mol. The molecule has 0 radical (unpaired) electrons. The van der Waals surface area contributed by atoms with Crippen LogP contribution in [0.5, 0.6) is 0 Å². The molecule has 4 rings (SSSR count). The summed E-state index contributed by atoms with van der Waals surface area (Å²) in [5.74, 6) is -0.131. The van der Waals surface area contributed by atoms with E-state index in [1.807, 2.05) is 49.4 Å². The fraction of sp³-hybridized carbons (Fsp3) is 0.0556. The van der Waals surface area contributed by atoms with Gasteiger partial charge in [-0.05, 0) is 43.3 Å². The lowest BCUT2D eigenvalue weighted by Gasteiger charge is -2.04. The number of hydrogen-bond donors (Lipinski definition) is 1. The third-order valence-corrected chi connectivity index (χ3v) is 5.53. The lowest BCUT2D eigenvalue weighted by atomic mass is 10.2. The second-order valence-corrected chi connectivity index (χ2v) is 7.53. The molecule has 0 aliphatic carbocycles. The summed E-state index contributed by atoms with van der Waals surface area (Å²) in [6, 6.07) is 15.8. The zero-order chi connectivity index (χ0) is 16.5. The van der Waals surface area contributed by atoms with Crippen LogP contribution >= 0.6 is 22.7 Å². The first-order chi connectivity index (χ1) is 11.7. The van der Waals surface area contributed by atoms with Gasteiger partial charge in [-0.3, -0.25) is 4.79 Å². The number of anilines is 1. The van der Waals surface area contributed by atoms with Crippen molar-refractivity contribution in [2.45, 2.75) is 6.92 Å². The van der Waals surface area contributed by atoms with E-state index in [4.69, 9.17) is 0 Å². The molecule has 0 saturated heterocycles. The van der Waals surface area contributed by atoms with Crippen molar-refractivity contribution < 1.29 is 4.79 Å². The molecule has 0 fully saturated rings. The van der Waals surface area contributed by atoms with Gasteiger partial charge in [-0.2, -0.15) is 0 Å². The molecule has 2 heterocycles. The first-order valence-electron chi connectivity index (χ1n) is 7.39. The van der Waals surface area contributed by atoms with E-state index in [9.17, 15) is 4.79 Å². The van der Waals surface area contributed by atoms with E-state index in [1.54, 1.807) is 17.5 Å². The fourth-order valence-corrected chi connectivity index (χ4v) is 3.99. The summed E-state index contributed by atoms with van der Waals surface area (Å²) in [6.45, 7) is 1.88. The Morgan fingerprint density at radius 3 is 2.54 bits per heavy atom. The van der Waals surface area contributed by atoms with E-state index in [-0.39, 0.29) is 5.91 Å². The van der Waals surface area contributed by atoms with E-state index in [0.29, 0.717) is 4.88 Å². The molecule has 0 aliphatic heterocycles. The van der Waals surface area contributed by atoms with Crippen molar-refractivity contribution >= 4 is 44.5 Å². The molecular weight excluding hydrogens is 338 g/mol. The third-order valence-electron chi connectivity index (χ3n) is 3.53. The Bertz CT molecular complexity index is 985. The van der Waals surface area contributed by atoms with Crippen LogP contribution in [0.15, 0.2) is 54.7 Å². The maximum absolute atomic E-state index is 12.1. The summed E-state index contributed by atoms with van der Waals surface area (Å²) >= 11 is 3.05. The highest BCUT2D eigenvalue weighted by atomic mass is 32.1. The number of rotatable bonds is 3. The van der Waals surface area contributed by atoms with Crippen molar-refractivity contribution in [3.8, 4) is 10.6 Å². The van der Waals surface area contributed by atoms with Crippen LogP contribution in [0.3, 0.4) is 0 Å². The van der Waals surface area contributed by atoms with E-state index < -0.39 is 0 Å². The number of para-hydroxylation sites is 1. The van der Waals surface area contributed by atoms with Crippen LogP contribution in [0.2, 0.25) is 0 Å². The molecule has 1 amide bonds. The molecule has 6 heteroatoms. The molecule has 0 atom stereocenters. The van der Waals surface area contributed by atoms with Gasteiger partial charge in [0.2, 0.25) is 0 Å². The molecule has 0 unspecified atom stereocenters. The van der Waals surface area contributed by atoms with Crippen LogP contribution < -0.4 is 5.32 Å². The first-order valence-corrected chi connectivity index (χ1v) is 9.02. The van der Waals surface area contributed by atoms with Crippen molar-refractivity contribution in [2.75, 3.05) is 5.32 Å². The van der Waals surface area contributed by atoms with Gasteiger partial charge in [0.1, 0.15) is 9.88 Å². The molecular formula is C18H13N3OS2. The normalized spacial score (nSPS) is 10.9. The number of carbonyl (C=O) groups excluding carboxylic acids is 1. The number of nitrogens with zero attached hydrogens (tertiary/aromatic N) is 2. The Hall–Kier alpha value is -2.57. The Kier molecular flexibility index (Phi) is 3.84. The summed E-state index contributed by atoms with van der Waals surface area (Å²) < 4.78 is 1.17. The number of benzene rings is 2. The van der Waals surface area contributed by atoms with Crippen LogP contribution in [0, 0.1) is 6.92 Å². The van der Waals surface area contributed by atoms with Crippen LogP contribution in [-0.2, 0) is 0 Å². The number of amides is 1. The summed E-state index contributed by atoms with van der Waals surface area (Å²) in [4.78, 5) is 21.5. The standard InChI is InChI=1S/C18H13N3OS2/c1-11-19-10-16(23-11)17(22)20-13-8-6-12(7-9-13)18-21-14-4-2-3-5-15(14)24-18/h2-10H,1H3,(H,20,22). The van der Waals surface area contributed by atoms with Crippen molar-refractivity contribution in [3.63, 3.8) is 0 Å². The van der Waals surface area contributed by atoms with Gasteiger partial charge in [0.25, 0.3) is 5.91 Å². The van der Waals surface area contributed by atoms with Gasteiger partial charge in [0.15, 0.2) is 0 Å². The van der Waals surface area contributed by atoms with Gasteiger partial charge in [-0.15, -0.1) is 22.7 Å². The van der Waals surface area contributed by atoms with Crippen molar-refractivity contribution in [3.05, 3.63) is 64.6 Å². The van der Waals surface area contributed by atoms with Crippen LogP contribution in [-0.4, -0.2) is 15.9 Å². The highest BCUT2D eigenvalue weighted by Gasteiger charge is 2.10. The number of thiazole rings is 2. The Labute approximate surface area is 146 Å². The van der Waals surface area contributed by atoms with Crippen LogP contribution in [0.25, 0.3) is 20.8 Å². The minimum absolute atomic E-state index is 0.131. The molecule has 24 heavy (non-hydrogen) atoms. The molecule has 2 aromatic carbocycles. The van der Waals surface area contributed by atoms with Gasteiger partial charge in [0, 0.05) is 11.3 Å². The smallest absolute Gasteiger partial charge is 0.267 e. The number of nitrogens with one attached hydrogen (secondary N) is 1. The average Bonchev–Trinajstić information content (AvgIpc) is 3.21. The highest BCUT2D eigenvalue weighted by Crippen LogP contribution is 2.30. The second kappa shape index (κ2) is 6.14. The van der Waals surface area contributed by atoms with Crippen LogP contribution in [0.1, 0.15) is 14.7 Å². The zero-order valence-electron chi connectivity index (χ0n) is 12.8. The number of aromatic nitrogens is 2. The number of hydrogen-bond acceptors (Lipinski definition) is 5. The average molecular weight is 351 g/mol. The van der Waals surface area contributed by atoms with E-state index in [2.05, 4.69) is 21.4 Å². The van der Waals surface area contributed by atoms with E-state index >= 15 is 0 Å². The van der Waals surface area contributed by atoms with Gasteiger partial charge >= 0.3 is 0 Å². The predicted molar refractivity (Wildman–Crippen MR) is 99.9 cm³/mol. The maximum atomic E-state index is 12.1. The summed E-state index contributed by atoms with van der Waals surface area (Å²) in [5.41, 5.74) is 2.81. The second-order valence-electron chi connectivity index (χ2n) is 5.26. The summed E-state index contributed by atoms with van der Waals surface area (Å²) in [7, 11) is 0. The number of aryl methyl sites for hydroxylation is 1. The van der Waals surface area contributed by atoms with E-state index in [1.165, 1.54) is 16.0 Å². The Balaban J connectivity index is 1.55. The van der Waals surface area contributed by atoms with Gasteiger partial charge in [-0.25, -0.2) is 9.97 Å². The molecule has 0 spiro atoms. The quantitative estimate of drug-likeness (QED) is 0.566. The summed E-state index contributed by atoms with van der Waals surface area (Å²) in [5, 5.41) is 4.75. The molecule has 118 valence electrons. The largest absolute Gasteiger partial charge is 0.321 e. The Morgan fingerprint density at radius 1 is 1.04 bits per heavy atom. The predicted octanol–water partition coefficient (Wildman–Crippen LogP) is 4.98. The third kappa shape index (κ3) is 2.93. The molecule has 0 aliphatic rings. The fourth-order valence-electron chi connectivity index (χ4n) is 2.35. The Morgan fingerprint density at radius 2 is 1.83 bits per heavy atom. The molecule has 1 N–H and O–H groups in total. The molecule has 0 bridgehead atoms. The number of carbonyl (C=O) groups is 1. The molecule has 0 saturated carbocycles. The summed E-state index contributed by atoms with van der Waals surface area (Å²) in [6.07, 6.45) is 1.60. The van der Waals surface area contributed by atoms with E-state index in [0.717, 1.165) is 26.8 Å². The van der Waals surface area contributed by atoms with Crippen molar-refractivity contribution in [1.29, 1.82) is 0 Å². The van der Waals surface area contributed by atoms with Crippen molar-refractivity contribution in [2.24, 2.45) is 0 Å².